The van der Waals surface area contributed by atoms with E-state index < -0.39 is 0 Å². The Balaban J connectivity index is 2.18. The fourth-order valence-corrected chi connectivity index (χ4v) is 2.76. The summed E-state index contributed by atoms with van der Waals surface area (Å²) < 4.78 is 0. The summed E-state index contributed by atoms with van der Waals surface area (Å²) in [4.78, 5) is 15.2. The molecule has 0 fully saturated rings. The second-order valence-electron chi connectivity index (χ2n) is 4.72. The first kappa shape index (κ1) is 15.9. The molecule has 1 aromatic heterocycles. The van der Waals surface area contributed by atoms with E-state index in [9.17, 15) is 4.79 Å². The highest BCUT2D eigenvalue weighted by Gasteiger charge is 2.13. The third-order valence-corrected chi connectivity index (χ3v) is 3.94. The Bertz CT molecular complexity index is 671. The van der Waals surface area contributed by atoms with E-state index in [1.54, 1.807) is 17.4 Å². The van der Waals surface area contributed by atoms with Crippen LogP contribution >= 0.6 is 11.3 Å². The molecule has 4 heteroatoms. The lowest BCUT2D eigenvalue weighted by Crippen LogP contribution is -2.37. The van der Waals surface area contributed by atoms with E-state index in [1.165, 1.54) is 4.88 Å². The number of carbonyl (C=O) groups excluding carboxylic acids is 1. The third-order valence-electron chi connectivity index (χ3n) is 3.08. The SMILES string of the molecule is C#Cc1cccc(N(CC(=O)NCC=C)Cc2cccs2)c1. The maximum absolute atomic E-state index is 12.0. The number of terminal acetylenes is 1. The molecule has 0 saturated heterocycles. The number of hydrogen-bond acceptors (Lipinski definition) is 3. The van der Waals surface area contributed by atoms with Crippen LogP contribution in [0.4, 0.5) is 5.69 Å². The minimum absolute atomic E-state index is 0.0393. The van der Waals surface area contributed by atoms with Crippen LogP contribution in [0.1, 0.15) is 10.4 Å². The molecule has 0 radical (unpaired) electrons. The zero-order valence-corrected chi connectivity index (χ0v) is 13.1. The molecule has 0 bridgehead atoms. The third kappa shape index (κ3) is 4.51. The van der Waals surface area contributed by atoms with E-state index >= 15 is 0 Å². The van der Waals surface area contributed by atoms with Gasteiger partial charge in [-0.3, -0.25) is 4.79 Å². The van der Waals surface area contributed by atoms with Gasteiger partial charge in [-0.1, -0.05) is 24.1 Å². The Morgan fingerprint density at radius 1 is 1.41 bits per heavy atom. The molecule has 0 aliphatic carbocycles. The van der Waals surface area contributed by atoms with Crippen LogP contribution in [0.5, 0.6) is 0 Å². The first-order valence-corrected chi connectivity index (χ1v) is 7.82. The molecule has 1 aromatic carbocycles. The summed E-state index contributed by atoms with van der Waals surface area (Å²) in [5, 5.41) is 4.84. The summed E-state index contributed by atoms with van der Waals surface area (Å²) in [6.45, 7) is 5.02. The normalized spacial score (nSPS) is 9.77. The van der Waals surface area contributed by atoms with E-state index in [0.29, 0.717) is 13.1 Å². The van der Waals surface area contributed by atoms with Crippen molar-refractivity contribution < 1.29 is 4.79 Å². The molecule has 22 heavy (non-hydrogen) atoms. The van der Waals surface area contributed by atoms with Crippen molar-refractivity contribution in [3.05, 3.63) is 64.9 Å². The number of rotatable bonds is 7. The van der Waals surface area contributed by atoms with Crippen LogP contribution in [0, 0.1) is 12.3 Å². The molecule has 2 rings (SSSR count). The molecule has 3 nitrogen and oxygen atoms in total. The predicted molar refractivity (Wildman–Crippen MR) is 93.0 cm³/mol. The lowest BCUT2D eigenvalue weighted by atomic mass is 10.2. The molecule has 0 spiro atoms. The lowest BCUT2D eigenvalue weighted by Gasteiger charge is -2.24. The molecule has 0 aliphatic heterocycles. The first-order valence-electron chi connectivity index (χ1n) is 6.94. The summed E-state index contributed by atoms with van der Waals surface area (Å²) in [6, 6.07) is 11.7. The molecule has 112 valence electrons. The molecule has 0 atom stereocenters. The Labute approximate surface area is 135 Å². The van der Waals surface area contributed by atoms with Gasteiger partial charge in [0.25, 0.3) is 0 Å². The number of anilines is 1. The topological polar surface area (TPSA) is 32.3 Å². The quantitative estimate of drug-likeness (QED) is 0.630. The molecule has 1 heterocycles. The standard InChI is InChI=1S/C18H18N2OS/c1-3-10-19-18(21)14-20(13-17-9-6-11-22-17)16-8-5-7-15(4-2)12-16/h2-3,5-9,11-12H,1,10,13-14H2,(H,19,21). The van der Waals surface area contributed by atoms with Crippen molar-refractivity contribution in [2.24, 2.45) is 0 Å². The van der Waals surface area contributed by atoms with Crippen molar-refractivity contribution in [2.45, 2.75) is 6.54 Å². The van der Waals surface area contributed by atoms with Crippen molar-refractivity contribution in [3.8, 4) is 12.3 Å². The van der Waals surface area contributed by atoms with Crippen LogP contribution in [0.2, 0.25) is 0 Å². The van der Waals surface area contributed by atoms with Gasteiger partial charge in [-0.05, 0) is 29.6 Å². The maximum atomic E-state index is 12.0. The largest absolute Gasteiger partial charge is 0.357 e. The number of thiophene rings is 1. The Morgan fingerprint density at radius 3 is 2.95 bits per heavy atom. The Morgan fingerprint density at radius 2 is 2.27 bits per heavy atom. The Hall–Kier alpha value is -2.51. The van der Waals surface area contributed by atoms with Crippen molar-refractivity contribution >= 4 is 22.9 Å². The summed E-state index contributed by atoms with van der Waals surface area (Å²) >= 11 is 1.67. The smallest absolute Gasteiger partial charge is 0.239 e. The molecule has 2 aromatic rings. The summed E-state index contributed by atoms with van der Waals surface area (Å²) in [6.07, 6.45) is 7.13. The van der Waals surface area contributed by atoms with E-state index in [2.05, 4.69) is 23.9 Å². The average Bonchev–Trinajstić information content (AvgIpc) is 3.05. The fraction of sp³-hybridized carbons (Fsp3) is 0.167. The number of nitrogens with one attached hydrogen (secondary N) is 1. The van der Waals surface area contributed by atoms with Crippen molar-refractivity contribution in [3.63, 3.8) is 0 Å². The van der Waals surface area contributed by atoms with Crippen LogP contribution in [-0.2, 0) is 11.3 Å². The highest BCUT2D eigenvalue weighted by molar-refractivity contribution is 7.09. The van der Waals surface area contributed by atoms with Gasteiger partial charge in [-0.15, -0.1) is 24.3 Å². The van der Waals surface area contributed by atoms with E-state index in [-0.39, 0.29) is 12.5 Å². The predicted octanol–water partition coefficient (Wildman–Crippen LogP) is 3.04. The van der Waals surface area contributed by atoms with E-state index in [1.807, 2.05) is 40.6 Å². The van der Waals surface area contributed by atoms with Crippen LogP contribution in [0.25, 0.3) is 0 Å². The second-order valence-corrected chi connectivity index (χ2v) is 5.76. The van der Waals surface area contributed by atoms with Gasteiger partial charge in [0, 0.05) is 22.7 Å². The van der Waals surface area contributed by atoms with Gasteiger partial charge in [-0.25, -0.2) is 0 Å². The zero-order chi connectivity index (χ0) is 15.8. The minimum Gasteiger partial charge on any atom is -0.357 e. The van der Waals surface area contributed by atoms with Gasteiger partial charge in [0.2, 0.25) is 5.91 Å². The number of nitrogens with zero attached hydrogens (tertiary/aromatic N) is 1. The van der Waals surface area contributed by atoms with Crippen molar-refractivity contribution in [1.82, 2.24) is 5.32 Å². The molecule has 0 unspecified atom stereocenters. The van der Waals surface area contributed by atoms with Gasteiger partial charge >= 0.3 is 0 Å². The van der Waals surface area contributed by atoms with Crippen molar-refractivity contribution in [2.75, 3.05) is 18.0 Å². The summed E-state index contributed by atoms with van der Waals surface area (Å²) in [5.41, 5.74) is 1.75. The summed E-state index contributed by atoms with van der Waals surface area (Å²) in [7, 11) is 0. The van der Waals surface area contributed by atoms with Crippen LogP contribution in [0.15, 0.2) is 54.4 Å². The van der Waals surface area contributed by atoms with Gasteiger partial charge in [0.05, 0.1) is 13.1 Å². The van der Waals surface area contributed by atoms with Crippen LogP contribution in [-0.4, -0.2) is 19.0 Å². The van der Waals surface area contributed by atoms with Gasteiger partial charge in [0.1, 0.15) is 0 Å². The van der Waals surface area contributed by atoms with E-state index in [4.69, 9.17) is 6.42 Å². The van der Waals surface area contributed by atoms with E-state index in [0.717, 1.165) is 11.3 Å². The maximum Gasteiger partial charge on any atom is 0.239 e. The number of hydrogen-bond donors (Lipinski definition) is 1. The second kappa shape index (κ2) is 8.06. The molecular weight excluding hydrogens is 292 g/mol. The molecule has 1 N–H and O–H groups in total. The highest BCUT2D eigenvalue weighted by atomic mass is 32.1. The minimum atomic E-state index is -0.0393. The molecule has 1 amide bonds. The van der Waals surface area contributed by atoms with Gasteiger partial charge in [-0.2, -0.15) is 0 Å². The molecule has 0 saturated carbocycles. The highest BCUT2D eigenvalue weighted by Crippen LogP contribution is 2.20. The number of benzene rings is 1. The lowest BCUT2D eigenvalue weighted by molar-refractivity contribution is -0.119. The van der Waals surface area contributed by atoms with Crippen LogP contribution < -0.4 is 10.2 Å². The molecule has 0 aliphatic rings. The summed E-state index contributed by atoms with van der Waals surface area (Å²) in [5.74, 6) is 2.59. The zero-order valence-electron chi connectivity index (χ0n) is 12.3. The number of amides is 1. The molecular formula is C18H18N2OS. The van der Waals surface area contributed by atoms with Gasteiger partial charge < -0.3 is 10.2 Å². The average molecular weight is 310 g/mol. The fourth-order valence-electron chi connectivity index (χ4n) is 2.04. The monoisotopic (exact) mass is 310 g/mol. The number of carbonyl (C=O) groups is 1. The van der Waals surface area contributed by atoms with Crippen LogP contribution in [0.3, 0.4) is 0 Å². The first-order chi connectivity index (χ1) is 10.7. The Kier molecular flexibility index (Phi) is 5.81. The van der Waals surface area contributed by atoms with Crippen molar-refractivity contribution in [1.29, 1.82) is 0 Å². The van der Waals surface area contributed by atoms with Gasteiger partial charge in [0.15, 0.2) is 0 Å².